The smallest absolute Gasteiger partial charge is 0.247 e. The summed E-state index contributed by atoms with van der Waals surface area (Å²) in [6.45, 7) is 5.85. The van der Waals surface area contributed by atoms with Gasteiger partial charge in [0.05, 0.1) is 36.7 Å². The highest BCUT2D eigenvalue weighted by molar-refractivity contribution is 6.32. The standard InChI is InChI=1S/C21H20ClN7O2/c1-3-19(31)25-14-4-5-18-16(8-14)13(2)11-29(18)20-17(22)10-23-21(27-20)26-15-9-24-28(12-15)6-7-30/h3-5,8-12,30H,1,6-7H2,2H3,(H,25,31)(H,23,26,27). The van der Waals surface area contributed by atoms with Crippen LogP contribution in [-0.4, -0.2) is 41.9 Å². The molecule has 0 aliphatic heterocycles. The van der Waals surface area contributed by atoms with Crippen LogP contribution in [0.4, 0.5) is 17.3 Å². The molecule has 0 saturated carbocycles. The van der Waals surface area contributed by atoms with Gasteiger partial charge in [-0.05, 0) is 36.8 Å². The first-order valence-corrected chi connectivity index (χ1v) is 9.84. The average Bonchev–Trinajstić information content (AvgIpc) is 3.33. The second-order valence-electron chi connectivity index (χ2n) is 6.81. The van der Waals surface area contributed by atoms with Crippen molar-refractivity contribution in [3.63, 3.8) is 0 Å². The Bertz CT molecular complexity index is 1280. The summed E-state index contributed by atoms with van der Waals surface area (Å²) in [6, 6.07) is 5.60. The number of carbonyl (C=O) groups excluding carboxylic acids is 1. The van der Waals surface area contributed by atoms with Gasteiger partial charge in [-0.3, -0.25) is 14.0 Å². The molecule has 0 aliphatic rings. The van der Waals surface area contributed by atoms with E-state index in [1.165, 1.54) is 12.3 Å². The molecule has 0 radical (unpaired) electrons. The SMILES string of the molecule is C=CC(=O)Nc1ccc2c(c1)c(C)cn2-c1nc(Nc2cnn(CCO)c2)ncc1Cl. The van der Waals surface area contributed by atoms with Gasteiger partial charge < -0.3 is 15.7 Å². The molecule has 0 spiro atoms. The Hall–Kier alpha value is -3.69. The fourth-order valence-electron chi connectivity index (χ4n) is 3.21. The molecule has 1 amide bonds. The first-order chi connectivity index (χ1) is 15.0. The van der Waals surface area contributed by atoms with Crippen LogP contribution in [0.2, 0.25) is 5.02 Å². The Balaban J connectivity index is 1.69. The van der Waals surface area contributed by atoms with Gasteiger partial charge in [-0.1, -0.05) is 18.2 Å². The van der Waals surface area contributed by atoms with Crippen LogP contribution in [0.3, 0.4) is 0 Å². The quantitative estimate of drug-likeness (QED) is 0.382. The molecule has 0 fully saturated rings. The number of hydrogen-bond acceptors (Lipinski definition) is 6. The number of nitrogens with zero attached hydrogens (tertiary/aromatic N) is 5. The summed E-state index contributed by atoms with van der Waals surface area (Å²) in [5.41, 5.74) is 3.25. The van der Waals surface area contributed by atoms with Crippen LogP contribution >= 0.6 is 11.6 Å². The Morgan fingerprint density at radius 2 is 2.13 bits per heavy atom. The Morgan fingerprint density at radius 1 is 1.29 bits per heavy atom. The fourth-order valence-corrected chi connectivity index (χ4v) is 3.39. The average molecular weight is 438 g/mol. The summed E-state index contributed by atoms with van der Waals surface area (Å²) >= 11 is 6.42. The van der Waals surface area contributed by atoms with E-state index >= 15 is 0 Å². The van der Waals surface area contributed by atoms with Gasteiger partial charge in [0.1, 0.15) is 5.02 Å². The summed E-state index contributed by atoms with van der Waals surface area (Å²) in [7, 11) is 0. The van der Waals surface area contributed by atoms with Crippen LogP contribution in [0.1, 0.15) is 5.56 Å². The van der Waals surface area contributed by atoms with Crippen LogP contribution in [0.5, 0.6) is 0 Å². The van der Waals surface area contributed by atoms with Gasteiger partial charge in [0, 0.05) is 23.5 Å². The summed E-state index contributed by atoms with van der Waals surface area (Å²) < 4.78 is 3.50. The molecule has 9 nitrogen and oxygen atoms in total. The first-order valence-electron chi connectivity index (χ1n) is 9.47. The lowest BCUT2D eigenvalue weighted by Gasteiger charge is -2.10. The molecule has 1 aromatic carbocycles. The van der Waals surface area contributed by atoms with E-state index < -0.39 is 0 Å². The maximum absolute atomic E-state index is 11.6. The van der Waals surface area contributed by atoms with E-state index in [1.807, 2.05) is 35.9 Å². The lowest BCUT2D eigenvalue weighted by molar-refractivity contribution is -0.111. The number of aromatic nitrogens is 5. The van der Waals surface area contributed by atoms with E-state index in [0.29, 0.717) is 34.7 Å². The Labute approximate surface area is 183 Å². The predicted molar refractivity (Wildman–Crippen MR) is 120 cm³/mol. The third-order valence-electron chi connectivity index (χ3n) is 4.63. The maximum Gasteiger partial charge on any atom is 0.247 e. The van der Waals surface area contributed by atoms with Gasteiger partial charge in [0.2, 0.25) is 11.9 Å². The van der Waals surface area contributed by atoms with Crippen molar-refractivity contribution in [2.24, 2.45) is 0 Å². The maximum atomic E-state index is 11.6. The number of halogens is 1. The van der Waals surface area contributed by atoms with Crippen LogP contribution in [0.25, 0.3) is 16.7 Å². The predicted octanol–water partition coefficient (Wildman–Crippen LogP) is 3.44. The van der Waals surface area contributed by atoms with E-state index in [0.717, 1.165) is 16.5 Å². The highest BCUT2D eigenvalue weighted by Crippen LogP contribution is 2.30. The molecule has 0 aliphatic carbocycles. The zero-order chi connectivity index (χ0) is 22.0. The Kier molecular flexibility index (Phi) is 5.70. The number of aliphatic hydroxyl groups excluding tert-OH is 1. The molecule has 4 aromatic rings. The second-order valence-corrected chi connectivity index (χ2v) is 7.22. The second kappa shape index (κ2) is 8.58. The van der Waals surface area contributed by atoms with Gasteiger partial charge in [-0.25, -0.2) is 4.98 Å². The van der Waals surface area contributed by atoms with Crippen molar-refractivity contribution in [2.45, 2.75) is 13.5 Å². The molecular formula is C21H20ClN7O2. The van der Waals surface area contributed by atoms with E-state index in [1.54, 1.807) is 17.1 Å². The molecule has 0 unspecified atom stereocenters. The zero-order valence-electron chi connectivity index (χ0n) is 16.7. The van der Waals surface area contributed by atoms with Crippen molar-refractivity contribution < 1.29 is 9.90 Å². The Morgan fingerprint density at radius 3 is 2.90 bits per heavy atom. The monoisotopic (exact) mass is 437 g/mol. The number of anilines is 3. The number of carbonyl (C=O) groups is 1. The van der Waals surface area contributed by atoms with E-state index in [9.17, 15) is 4.79 Å². The van der Waals surface area contributed by atoms with Crippen LogP contribution in [0, 0.1) is 6.92 Å². The molecule has 3 N–H and O–H groups in total. The number of aryl methyl sites for hydroxylation is 1. The van der Waals surface area contributed by atoms with E-state index in [4.69, 9.17) is 16.7 Å². The van der Waals surface area contributed by atoms with Crippen molar-refractivity contribution >= 4 is 45.7 Å². The summed E-state index contributed by atoms with van der Waals surface area (Å²) in [5.74, 6) is 0.605. The highest BCUT2D eigenvalue weighted by atomic mass is 35.5. The van der Waals surface area contributed by atoms with Crippen LogP contribution < -0.4 is 10.6 Å². The lowest BCUT2D eigenvalue weighted by Crippen LogP contribution is -2.07. The number of hydrogen-bond donors (Lipinski definition) is 3. The van der Waals surface area contributed by atoms with Crippen LogP contribution in [0.15, 0.2) is 55.6 Å². The van der Waals surface area contributed by atoms with Crippen molar-refractivity contribution in [1.29, 1.82) is 0 Å². The summed E-state index contributed by atoms with van der Waals surface area (Å²) in [6.07, 6.45) is 8.07. The van der Waals surface area contributed by atoms with Crippen molar-refractivity contribution in [2.75, 3.05) is 17.2 Å². The minimum Gasteiger partial charge on any atom is -0.394 e. The molecule has 0 bridgehead atoms. The zero-order valence-corrected chi connectivity index (χ0v) is 17.5. The lowest BCUT2D eigenvalue weighted by atomic mass is 10.2. The molecule has 10 heteroatoms. The molecule has 31 heavy (non-hydrogen) atoms. The van der Waals surface area contributed by atoms with E-state index in [2.05, 4.69) is 32.3 Å². The summed E-state index contributed by atoms with van der Waals surface area (Å²) in [5, 5.41) is 20.4. The molecule has 0 atom stereocenters. The fraction of sp³-hybridized carbons (Fsp3) is 0.143. The topological polar surface area (TPSA) is 110 Å². The highest BCUT2D eigenvalue weighted by Gasteiger charge is 2.14. The number of benzene rings is 1. The van der Waals surface area contributed by atoms with Crippen LogP contribution in [-0.2, 0) is 11.3 Å². The van der Waals surface area contributed by atoms with Gasteiger partial charge >= 0.3 is 0 Å². The number of fused-ring (bicyclic) bond motifs is 1. The van der Waals surface area contributed by atoms with Gasteiger partial charge in [0.15, 0.2) is 5.82 Å². The third kappa shape index (κ3) is 4.27. The van der Waals surface area contributed by atoms with E-state index in [-0.39, 0.29) is 12.5 Å². The largest absolute Gasteiger partial charge is 0.394 e. The number of amides is 1. The molecule has 4 rings (SSSR count). The minimum absolute atomic E-state index is 0.00174. The number of nitrogens with one attached hydrogen (secondary N) is 2. The molecule has 3 heterocycles. The molecule has 158 valence electrons. The van der Waals surface area contributed by atoms with Gasteiger partial charge in [0.25, 0.3) is 0 Å². The van der Waals surface area contributed by atoms with Crippen molar-refractivity contribution in [1.82, 2.24) is 24.3 Å². The van der Waals surface area contributed by atoms with Crippen molar-refractivity contribution in [3.05, 3.63) is 66.2 Å². The van der Waals surface area contributed by atoms with Gasteiger partial charge in [-0.2, -0.15) is 10.1 Å². The first kappa shape index (κ1) is 20.6. The number of rotatable bonds is 7. The van der Waals surface area contributed by atoms with Gasteiger partial charge in [-0.15, -0.1) is 0 Å². The molecule has 0 saturated heterocycles. The molecular weight excluding hydrogens is 418 g/mol. The minimum atomic E-state index is -0.270. The number of aliphatic hydroxyl groups is 1. The van der Waals surface area contributed by atoms with Crippen molar-refractivity contribution in [3.8, 4) is 5.82 Å². The third-order valence-corrected chi connectivity index (χ3v) is 4.90. The summed E-state index contributed by atoms with van der Waals surface area (Å²) in [4.78, 5) is 20.4. The molecule has 3 aromatic heterocycles. The normalized spacial score (nSPS) is 10.9.